The quantitative estimate of drug-likeness (QED) is 0.538. The van der Waals surface area contributed by atoms with Crippen molar-refractivity contribution in [3.05, 3.63) is 11.1 Å². The maximum atomic E-state index is 10.8. The Bertz CT molecular complexity index is 375. The first kappa shape index (κ1) is 17.3. The van der Waals surface area contributed by atoms with E-state index >= 15 is 0 Å². The topological polar surface area (TPSA) is 26.3 Å². The second kappa shape index (κ2) is 6.78. The van der Waals surface area contributed by atoms with Gasteiger partial charge in [-0.05, 0) is 43.4 Å². The highest BCUT2D eigenvalue weighted by molar-refractivity contribution is 5.71. The molecule has 1 atom stereocenters. The van der Waals surface area contributed by atoms with Crippen LogP contribution < -0.4 is 0 Å². The fourth-order valence-electron chi connectivity index (χ4n) is 3.02. The Labute approximate surface area is 125 Å². The highest BCUT2D eigenvalue weighted by atomic mass is 16.5. The molecule has 3 rings (SSSR count). The second-order valence-corrected chi connectivity index (χ2v) is 7.60. The number of fused-ring (bicyclic) bond motifs is 2. The molecule has 2 heteroatoms. The summed E-state index contributed by atoms with van der Waals surface area (Å²) in [6, 6.07) is 0. The molecular formula is C18H32O2. The number of hydrogen-bond donors (Lipinski definition) is 0. The summed E-state index contributed by atoms with van der Waals surface area (Å²) in [4.78, 5) is 10.8. The number of rotatable bonds is 3. The number of allylic oxidation sites excluding steroid dienone is 2. The van der Waals surface area contributed by atoms with Gasteiger partial charge in [-0.1, -0.05) is 52.7 Å². The zero-order valence-electron chi connectivity index (χ0n) is 14.4. The van der Waals surface area contributed by atoms with Crippen molar-refractivity contribution in [3.8, 4) is 0 Å². The molecule has 0 aromatic carbocycles. The Morgan fingerprint density at radius 2 is 1.90 bits per heavy atom. The summed E-state index contributed by atoms with van der Waals surface area (Å²) in [5.41, 5.74) is 4.04. The third-order valence-corrected chi connectivity index (χ3v) is 4.66. The van der Waals surface area contributed by atoms with Gasteiger partial charge in [-0.25, -0.2) is 0 Å². The summed E-state index contributed by atoms with van der Waals surface area (Å²) in [5.74, 6) is 1.35. The van der Waals surface area contributed by atoms with Crippen LogP contribution in [0.25, 0.3) is 0 Å². The van der Waals surface area contributed by atoms with Crippen LogP contribution in [-0.2, 0) is 9.53 Å². The molecule has 0 aromatic heterocycles. The minimum absolute atomic E-state index is 0.00116. The summed E-state index contributed by atoms with van der Waals surface area (Å²) in [6.07, 6.45) is 4.24. The molecule has 3 aliphatic rings. The van der Waals surface area contributed by atoms with Crippen LogP contribution in [0.4, 0.5) is 0 Å². The molecule has 2 nitrogen and oxygen atoms in total. The van der Waals surface area contributed by atoms with Gasteiger partial charge in [-0.2, -0.15) is 0 Å². The zero-order valence-corrected chi connectivity index (χ0v) is 14.4. The summed E-state index contributed by atoms with van der Waals surface area (Å²) in [7, 11) is 0. The van der Waals surface area contributed by atoms with E-state index in [0.717, 1.165) is 5.92 Å². The first-order chi connectivity index (χ1) is 9.16. The van der Waals surface area contributed by atoms with Gasteiger partial charge in [0.2, 0.25) is 0 Å². The lowest BCUT2D eigenvalue weighted by Crippen LogP contribution is -2.41. The predicted octanol–water partition coefficient (Wildman–Crippen LogP) is 4.98. The van der Waals surface area contributed by atoms with E-state index in [9.17, 15) is 4.79 Å². The molecule has 116 valence electrons. The van der Waals surface area contributed by atoms with Crippen molar-refractivity contribution in [1.82, 2.24) is 0 Å². The third-order valence-electron chi connectivity index (χ3n) is 4.66. The molecule has 3 aliphatic carbocycles. The van der Waals surface area contributed by atoms with Crippen molar-refractivity contribution in [3.63, 3.8) is 0 Å². The van der Waals surface area contributed by atoms with Crippen molar-refractivity contribution in [2.24, 2.45) is 23.2 Å². The summed E-state index contributed by atoms with van der Waals surface area (Å²) >= 11 is 0. The molecule has 1 unspecified atom stereocenters. The lowest BCUT2D eigenvalue weighted by Gasteiger charge is -2.52. The Morgan fingerprint density at radius 1 is 1.30 bits per heavy atom. The van der Waals surface area contributed by atoms with Gasteiger partial charge in [0.15, 0.2) is 0 Å². The standard InChI is InChI=1S/C10H16.C8H16O2/c1-7-4-5-8-6-9(7)10(8,2)3;1-6(2)5-10-8(9)7(3)4/h8H,4-6H2,1-3H3;6-7H,5H2,1-4H3. The van der Waals surface area contributed by atoms with Crippen LogP contribution >= 0.6 is 0 Å². The number of carbonyl (C=O) groups is 1. The highest BCUT2D eigenvalue weighted by Gasteiger charge is 2.46. The van der Waals surface area contributed by atoms with E-state index in [4.69, 9.17) is 4.74 Å². The molecule has 0 amide bonds. The van der Waals surface area contributed by atoms with Crippen molar-refractivity contribution in [1.29, 1.82) is 0 Å². The maximum Gasteiger partial charge on any atom is 0.308 e. The fourth-order valence-corrected chi connectivity index (χ4v) is 3.02. The van der Waals surface area contributed by atoms with E-state index in [1.165, 1.54) is 19.3 Å². The van der Waals surface area contributed by atoms with Gasteiger partial charge in [0, 0.05) is 0 Å². The van der Waals surface area contributed by atoms with Gasteiger partial charge in [0.1, 0.15) is 0 Å². The van der Waals surface area contributed by atoms with E-state index in [1.54, 1.807) is 11.1 Å². The molecule has 0 saturated heterocycles. The average molecular weight is 280 g/mol. The first-order valence-electron chi connectivity index (χ1n) is 8.02. The largest absolute Gasteiger partial charge is 0.465 e. The number of hydrogen-bond acceptors (Lipinski definition) is 2. The Morgan fingerprint density at radius 3 is 2.20 bits per heavy atom. The van der Waals surface area contributed by atoms with Crippen molar-refractivity contribution in [2.45, 2.75) is 67.7 Å². The first-order valence-corrected chi connectivity index (χ1v) is 8.02. The normalized spacial score (nSPS) is 23.1. The smallest absolute Gasteiger partial charge is 0.308 e. The molecule has 0 spiro atoms. The van der Waals surface area contributed by atoms with Crippen LogP contribution in [0.3, 0.4) is 0 Å². The minimum Gasteiger partial charge on any atom is -0.465 e. The van der Waals surface area contributed by atoms with Crippen LogP contribution in [-0.4, -0.2) is 12.6 Å². The van der Waals surface area contributed by atoms with E-state index in [1.807, 2.05) is 27.7 Å². The predicted molar refractivity (Wildman–Crippen MR) is 84.5 cm³/mol. The minimum atomic E-state index is -0.103. The van der Waals surface area contributed by atoms with Crippen molar-refractivity contribution in [2.75, 3.05) is 6.61 Å². The molecule has 1 saturated carbocycles. The van der Waals surface area contributed by atoms with Crippen LogP contribution in [0.15, 0.2) is 11.1 Å². The molecule has 1 fully saturated rings. The van der Waals surface area contributed by atoms with Crippen molar-refractivity contribution >= 4 is 5.97 Å². The number of ether oxygens (including phenoxy) is 1. The third kappa shape index (κ3) is 4.10. The van der Waals surface area contributed by atoms with Gasteiger partial charge in [-0.3, -0.25) is 4.79 Å². The average Bonchev–Trinajstić information content (AvgIpc) is 2.36. The zero-order chi connectivity index (χ0) is 15.5. The monoisotopic (exact) mass is 280 g/mol. The van der Waals surface area contributed by atoms with E-state index in [-0.39, 0.29) is 11.9 Å². The molecule has 20 heavy (non-hydrogen) atoms. The Balaban J connectivity index is 0.000000200. The highest BCUT2D eigenvalue weighted by Crippen LogP contribution is 2.58. The molecular weight excluding hydrogens is 248 g/mol. The maximum absolute atomic E-state index is 10.8. The summed E-state index contributed by atoms with van der Waals surface area (Å²) < 4.78 is 4.93. The van der Waals surface area contributed by atoms with Crippen LogP contribution in [0.1, 0.15) is 67.7 Å². The van der Waals surface area contributed by atoms with Gasteiger partial charge in [0.05, 0.1) is 12.5 Å². The molecule has 0 aliphatic heterocycles. The Kier molecular flexibility index (Phi) is 5.85. The number of carbonyl (C=O) groups excluding carboxylic acids is 1. The SMILES string of the molecule is CC(C)COC(=O)C(C)C.CC1=C2CC(CC1)C2(C)C. The van der Waals surface area contributed by atoms with Gasteiger partial charge >= 0.3 is 5.97 Å². The number of esters is 1. The molecule has 0 heterocycles. The molecule has 0 N–H and O–H groups in total. The van der Waals surface area contributed by atoms with Gasteiger partial charge in [-0.15, -0.1) is 0 Å². The van der Waals surface area contributed by atoms with E-state index in [2.05, 4.69) is 20.8 Å². The second-order valence-electron chi connectivity index (χ2n) is 7.60. The van der Waals surface area contributed by atoms with Crippen LogP contribution in [0, 0.1) is 23.2 Å². The van der Waals surface area contributed by atoms with E-state index in [0.29, 0.717) is 17.9 Å². The van der Waals surface area contributed by atoms with E-state index < -0.39 is 0 Å². The Hall–Kier alpha value is -0.790. The van der Waals surface area contributed by atoms with Crippen LogP contribution in [0.5, 0.6) is 0 Å². The van der Waals surface area contributed by atoms with Crippen LogP contribution in [0.2, 0.25) is 0 Å². The molecule has 0 radical (unpaired) electrons. The van der Waals surface area contributed by atoms with Gasteiger partial charge < -0.3 is 4.74 Å². The lowest BCUT2D eigenvalue weighted by atomic mass is 9.52. The lowest BCUT2D eigenvalue weighted by molar-refractivity contribution is -0.148. The molecule has 0 aromatic rings. The van der Waals surface area contributed by atoms with Gasteiger partial charge in [0.25, 0.3) is 0 Å². The molecule has 2 bridgehead atoms. The summed E-state index contributed by atoms with van der Waals surface area (Å²) in [5, 5.41) is 0. The summed E-state index contributed by atoms with van der Waals surface area (Å²) in [6.45, 7) is 15.4. The fraction of sp³-hybridized carbons (Fsp3) is 0.833. The van der Waals surface area contributed by atoms with Crippen molar-refractivity contribution < 1.29 is 9.53 Å².